The molecule has 0 aliphatic heterocycles. The van der Waals surface area contributed by atoms with Gasteiger partial charge in [0, 0.05) is 0 Å². The summed E-state index contributed by atoms with van der Waals surface area (Å²) in [5.41, 5.74) is 2.08. The highest BCUT2D eigenvalue weighted by Crippen LogP contribution is 2.23. The third kappa shape index (κ3) is 1.95. The normalized spacial score (nSPS) is 11.3. The van der Waals surface area contributed by atoms with E-state index in [0.717, 1.165) is 5.69 Å². The van der Waals surface area contributed by atoms with Crippen LogP contribution in [0.1, 0.15) is 35.9 Å². The maximum absolute atomic E-state index is 11.1. The Kier molecular flexibility index (Phi) is 2.78. The Hall–Kier alpha value is -2.63. The van der Waals surface area contributed by atoms with E-state index >= 15 is 0 Å². The number of carboxylic acid groups (broad SMARTS) is 1. The molecule has 0 amide bonds. The van der Waals surface area contributed by atoms with Crippen LogP contribution in [0.15, 0.2) is 34.7 Å². The molecule has 2 heterocycles. The Bertz CT molecular complexity index is 753. The standard InChI is InChI=1S/C14H13N3O3/c1-8(2)11-7-10(13(18)19)16-17(11)14-15-9-5-3-4-6-12(9)20-14/h3-8H,1-2H3,(H,18,19). The monoisotopic (exact) mass is 271 g/mol. The molecule has 102 valence electrons. The van der Waals surface area contributed by atoms with Crippen molar-refractivity contribution in [2.45, 2.75) is 19.8 Å². The molecular formula is C14H13N3O3. The van der Waals surface area contributed by atoms with E-state index in [1.165, 1.54) is 4.68 Å². The third-order valence-electron chi connectivity index (χ3n) is 3.01. The zero-order valence-electron chi connectivity index (χ0n) is 11.1. The number of hydrogen-bond donors (Lipinski definition) is 1. The van der Waals surface area contributed by atoms with Gasteiger partial charge in [-0.1, -0.05) is 26.0 Å². The van der Waals surface area contributed by atoms with E-state index in [9.17, 15) is 4.79 Å². The Morgan fingerprint density at radius 1 is 1.35 bits per heavy atom. The fraction of sp³-hybridized carbons (Fsp3) is 0.214. The summed E-state index contributed by atoms with van der Waals surface area (Å²) in [5, 5.41) is 13.1. The highest BCUT2D eigenvalue weighted by atomic mass is 16.4. The molecule has 0 fully saturated rings. The summed E-state index contributed by atoms with van der Waals surface area (Å²) in [5.74, 6) is -0.965. The number of para-hydroxylation sites is 2. The highest BCUT2D eigenvalue weighted by molar-refractivity contribution is 5.85. The van der Waals surface area contributed by atoms with Gasteiger partial charge in [0.25, 0.3) is 0 Å². The first kappa shape index (κ1) is 12.4. The maximum Gasteiger partial charge on any atom is 0.356 e. The van der Waals surface area contributed by atoms with E-state index < -0.39 is 5.97 Å². The molecule has 0 spiro atoms. The quantitative estimate of drug-likeness (QED) is 0.792. The first-order chi connectivity index (χ1) is 9.56. The number of benzene rings is 1. The van der Waals surface area contributed by atoms with Gasteiger partial charge in [0.05, 0.1) is 5.69 Å². The summed E-state index contributed by atoms with van der Waals surface area (Å²) in [7, 11) is 0. The fourth-order valence-electron chi connectivity index (χ4n) is 2.02. The minimum Gasteiger partial charge on any atom is -0.476 e. The van der Waals surface area contributed by atoms with Crippen molar-refractivity contribution in [1.82, 2.24) is 14.8 Å². The molecule has 0 saturated heterocycles. The van der Waals surface area contributed by atoms with Crippen LogP contribution in [-0.4, -0.2) is 25.8 Å². The lowest BCUT2D eigenvalue weighted by Gasteiger charge is -2.05. The molecule has 3 aromatic rings. The van der Waals surface area contributed by atoms with Gasteiger partial charge in [0.1, 0.15) is 5.52 Å². The molecule has 0 radical (unpaired) electrons. The molecule has 0 saturated carbocycles. The fourth-order valence-corrected chi connectivity index (χ4v) is 2.02. The van der Waals surface area contributed by atoms with E-state index in [1.807, 2.05) is 38.1 Å². The number of aromatic nitrogens is 3. The van der Waals surface area contributed by atoms with Gasteiger partial charge in [-0.3, -0.25) is 0 Å². The molecule has 0 aliphatic carbocycles. The largest absolute Gasteiger partial charge is 0.476 e. The second-order valence-electron chi connectivity index (χ2n) is 4.79. The highest BCUT2D eigenvalue weighted by Gasteiger charge is 2.19. The lowest BCUT2D eigenvalue weighted by molar-refractivity contribution is 0.0690. The molecule has 6 heteroatoms. The summed E-state index contributed by atoms with van der Waals surface area (Å²) < 4.78 is 7.09. The van der Waals surface area contributed by atoms with Crippen LogP contribution in [0.5, 0.6) is 0 Å². The van der Waals surface area contributed by atoms with Gasteiger partial charge in [-0.2, -0.15) is 14.8 Å². The van der Waals surface area contributed by atoms with Crippen molar-refractivity contribution in [3.8, 4) is 6.01 Å². The van der Waals surface area contributed by atoms with Gasteiger partial charge in [0.2, 0.25) is 0 Å². The average molecular weight is 271 g/mol. The molecule has 20 heavy (non-hydrogen) atoms. The van der Waals surface area contributed by atoms with Crippen molar-refractivity contribution in [3.63, 3.8) is 0 Å². The van der Waals surface area contributed by atoms with Gasteiger partial charge in [-0.25, -0.2) is 4.79 Å². The van der Waals surface area contributed by atoms with E-state index in [-0.39, 0.29) is 17.6 Å². The van der Waals surface area contributed by atoms with Gasteiger partial charge < -0.3 is 9.52 Å². The molecule has 1 N–H and O–H groups in total. The molecule has 1 aromatic carbocycles. The maximum atomic E-state index is 11.1. The number of rotatable bonds is 3. The number of carboxylic acids is 1. The summed E-state index contributed by atoms with van der Waals surface area (Å²) in [4.78, 5) is 15.4. The summed E-state index contributed by atoms with van der Waals surface area (Å²) in [6.45, 7) is 3.92. The number of hydrogen-bond acceptors (Lipinski definition) is 4. The number of aromatic carboxylic acids is 1. The Morgan fingerprint density at radius 2 is 2.10 bits per heavy atom. The second-order valence-corrected chi connectivity index (χ2v) is 4.79. The lowest BCUT2D eigenvalue weighted by atomic mass is 10.1. The third-order valence-corrected chi connectivity index (χ3v) is 3.01. The number of oxazole rings is 1. The first-order valence-electron chi connectivity index (χ1n) is 6.25. The van der Waals surface area contributed by atoms with E-state index in [4.69, 9.17) is 9.52 Å². The van der Waals surface area contributed by atoms with Gasteiger partial charge in [0.15, 0.2) is 11.3 Å². The van der Waals surface area contributed by atoms with Crippen molar-refractivity contribution in [2.24, 2.45) is 0 Å². The van der Waals surface area contributed by atoms with Crippen LogP contribution in [0.4, 0.5) is 0 Å². The first-order valence-corrected chi connectivity index (χ1v) is 6.25. The molecule has 0 atom stereocenters. The summed E-state index contributed by atoms with van der Waals surface area (Å²) >= 11 is 0. The average Bonchev–Trinajstić information content (AvgIpc) is 3.02. The minimum atomic E-state index is -1.07. The van der Waals surface area contributed by atoms with Crippen LogP contribution in [0, 0.1) is 0 Å². The van der Waals surface area contributed by atoms with Crippen molar-refractivity contribution < 1.29 is 14.3 Å². The summed E-state index contributed by atoms with van der Waals surface area (Å²) in [6.07, 6.45) is 0. The lowest BCUT2D eigenvalue weighted by Crippen LogP contribution is -2.05. The molecule has 0 unspecified atom stereocenters. The number of carbonyl (C=O) groups is 1. The number of nitrogens with zero attached hydrogens (tertiary/aromatic N) is 3. The zero-order valence-corrected chi connectivity index (χ0v) is 11.1. The predicted octanol–water partition coefficient (Wildman–Crippen LogP) is 2.84. The smallest absolute Gasteiger partial charge is 0.356 e. The van der Waals surface area contributed by atoms with Crippen molar-refractivity contribution in [1.29, 1.82) is 0 Å². The van der Waals surface area contributed by atoms with Crippen LogP contribution in [0.25, 0.3) is 17.1 Å². The number of fused-ring (bicyclic) bond motifs is 1. The van der Waals surface area contributed by atoms with Crippen molar-refractivity contribution in [3.05, 3.63) is 41.7 Å². The molecule has 2 aromatic heterocycles. The van der Waals surface area contributed by atoms with Crippen LogP contribution in [0.3, 0.4) is 0 Å². The van der Waals surface area contributed by atoms with Gasteiger partial charge in [-0.15, -0.1) is 0 Å². The Labute approximate surface area is 114 Å². The van der Waals surface area contributed by atoms with Crippen molar-refractivity contribution >= 4 is 17.1 Å². The van der Waals surface area contributed by atoms with E-state index in [0.29, 0.717) is 11.1 Å². The SMILES string of the molecule is CC(C)c1cc(C(=O)O)nn1-c1nc2ccccc2o1. The molecule has 6 nitrogen and oxygen atoms in total. The topological polar surface area (TPSA) is 81.1 Å². The van der Waals surface area contributed by atoms with Crippen LogP contribution in [-0.2, 0) is 0 Å². The van der Waals surface area contributed by atoms with E-state index in [2.05, 4.69) is 10.1 Å². The molecule has 0 bridgehead atoms. The Balaban J connectivity index is 2.19. The van der Waals surface area contributed by atoms with Crippen LogP contribution in [0.2, 0.25) is 0 Å². The zero-order chi connectivity index (χ0) is 14.3. The molecule has 3 rings (SSSR count). The molecule has 0 aliphatic rings. The van der Waals surface area contributed by atoms with Crippen LogP contribution >= 0.6 is 0 Å². The van der Waals surface area contributed by atoms with Crippen molar-refractivity contribution in [2.75, 3.05) is 0 Å². The minimum absolute atomic E-state index is 0.0176. The van der Waals surface area contributed by atoms with E-state index in [1.54, 1.807) is 6.07 Å². The molecular weight excluding hydrogens is 258 g/mol. The van der Waals surface area contributed by atoms with Gasteiger partial charge >= 0.3 is 12.0 Å². The van der Waals surface area contributed by atoms with Crippen LogP contribution < -0.4 is 0 Å². The predicted molar refractivity (Wildman–Crippen MR) is 72.2 cm³/mol. The second kappa shape index (κ2) is 4.48. The Morgan fingerprint density at radius 3 is 2.75 bits per heavy atom. The van der Waals surface area contributed by atoms with Gasteiger partial charge in [-0.05, 0) is 24.1 Å². The summed E-state index contributed by atoms with van der Waals surface area (Å²) in [6, 6.07) is 9.18.